The number of aromatic amines is 1. The van der Waals surface area contributed by atoms with Crippen molar-refractivity contribution < 1.29 is 18.7 Å². The molecule has 9 heteroatoms. The Kier molecular flexibility index (Phi) is 6.42. The molecule has 156 valence electrons. The molecule has 2 heterocycles. The van der Waals surface area contributed by atoms with E-state index in [0.717, 1.165) is 5.69 Å². The third kappa shape index (κ3) is 4.22. The van der Waals surface area contributed by atoms with Crippen LogP contribution in [0.1, 0.15) is 43.3 Å². The minimum absolute atomic E-state index is 0.122. The molecule has 1 aliphatic rings. The van der Waals surface area contributed by atoms with Gasteiger partial charge in [-0.2, -0.15) is 0 Å². The zero-order valence-electron chi connectivity index (χ0n) is 16.5. The van der Waals surface area contributed by atoms with E-state index in [1.165, 1.54) is 24.4 Å². The number of halogens is 2. The van der Waals surface area contributed by atoms with Crippen LogP contribution in [0, 0.1) is 11.7 Å². The van der Waals surface area contributed by atoms with Gasteiger partial charge in [0, 0.05) is 29.2 Å². The molecular formula is C20H24ClFN4O3. The van der Waals surface area contributed by atoms with E-state index in [2.05, 4.69) is 15.3 Å². The van der Waals surface area contributed by atoms with Gasteiger partial charge in [-0.1, -0.05) is 37.9 Å². The van der Waals surface area contributed by atoms with Gasteiger partial charge in [-0.15, -0.1) is 0 Å². The molecule has 0 unspecified atom stereocenters. The second-order valence-corrected chi connectivity index (χ2v) is 7.55. The minimum atomic E-state index is -0.797. The predicted molar refractivity (Wildman–Crippen MR) is 106 cm³/mol. The number of H-pyrrole nitrogens is 1. The molecule has 2 N–H and O–H groups in total. The van der Waals surface area contributed by atoms with Gasteiger partial charge in [0.15, 0.2) is 0 Å². The van der Waals surface area contributed by atoms with E-state index in [1.807, 2.05) is 13.8 Å². The number of rotatable bonds is 5. The Morgan fingerprint density at radius 1 is 1.48 bits per heavy atom. The molecule has 0 bridgehead atoms. The van der Waals surface area contributed by atoms with Crippen LogP contribution in [-0.4, -0.2) is 46.6 Å². The molecule has 0 aliphatic carbocycles. The number of hydrogen-bond acceptors (Lipinski definition) is 4. The van der Waals surface area contributed by atoms with Crippen LogP contribution in [0.2, 0.25) is 5.02 Å². The fourth-order valence-electron chi connectivity index (χ4n) is 3.55. The molecule has 0 saturated carbocycles. The van der Waals surface area contributed by atoms with Crippen LogP contribution in [0.5, 0.6) is 0 Å². The number of aromatic nitrogens is 2. The summed E-state index contributed by atoms with van der Waals surface area (Å²) in [5.41, 5.74) is 1.71. The van der Waals surface area contributed by atoms with Crippen LogP contribution in [0.15, 0.2) is 24.5 Å². The Morgan fingerprint density at radius 3 is 2.90 bits per heavy atom. The lowest BCUT2D eigenvalue weighted by molar-refractivity contribution is -0.144. The van der Waals surface area contributed by atoms with Crippen molar-refractivity contribution in [3.8, 4) is 0 Å². The number of ether oxygens (including phenoxy) is 1. The lowest BCUT2D eigenvalue weighted by Gasteiger charge is -2.36. The number of methoxy groups -OCH3 is 1. The van der Waals surface area contributed by atoms with Crippen molar-refractivity contribution >= 4 is 23.6 Å². The quantitative estimate of drug-likeness (QED) is 0.722. The molecule has 7 nitrogen and oxygen atoms in total. The Hall–Kier alpha value is -2.61. The Balaban J connectivity index is 1.96. The first-order chi connectivity index (χ1) is 13.9. The summed E-state index contributed by atoms with van der Waals surface area (Å²) in [6, 6.07) is 2.33. The van der Waals surface area contributed by atoms with Crippen LogP contribution >= 0.6 is 11.6 Å². The number of urea groups is 1. The van der Waals surface area contributed by atoms with Gasteiger partial charge in [-0.3, -0.25) is 0 Å². The third-order valence-electron chi connectivity index (χ3n) is 5.39. The summed E-state index contributed by atoms with van der Waals surface area (Å²) in [4.78, 5) is 34.2. The van der Waals surface area contributed by atoms with Crippen molar-refractivity contribution in [3.05, 3.63) is 52.3 Å². The Bertz CT molecular complexity index is 904. The van der Waals surface area contributed by atoms with Gasteiger partial charge >= 0.3 is 12.0 Å². The number of hydrogen-bond donors (Lipinski definition) is 2. The number of carbonyl (C=O) groups excluding carboxylic acids is 2. The van der Waals surface area contributed by atoms with Gasteiger partial charge in [0.05, 0.1) is 19.1 Å². The summed E-state index contributed by atoms with van der Waals surface area (Å²) in [5.74, 6) is -1.16. The van der Waals surface area contributed by atoms with Crippen molar-refractivity contribution in [2.75, 3.05) is 13.7 Å². The van der Waals surface area contributed by atoms with Gasteiger partial charge in [0.1, 0.15) is 17.9 Å². The number of benzene rings is 1. The SMILES string of the molecule is CC[C@@H](C)[C@@H](NC(=O)N1CCc2[nH]cnc2[C@@H]1c1ccc(Cl)cc1F)C(=O)OC. The number of nitrogens with zero attached hydrogens (tertiary/aromatic N) is 2. The summed E-state index contributed by atoms with van der Waals surface area (Å²) in [7, 11) is 1.28. The molecule has 0 fully saturated rings. The number of imidazole rings is 1. The number of nitrogens with one attached hydrogen (secondary N) is 2. The van der Waals surface area contributed by atoms with Gasteiger partial charge in [0.25, 0.3) is 0 Å². The van der Waals surface area contributed by atoms with Crippen molar-refractivity contribution in [2.24, 2.45) is 5.92 Å². The number of fused-ring (bicyclic) bond motifs is 1. The number of esters is 1. The summed E-state index contributed by atoms with van der Waals surface area (Å²) < 4.78 is 19.6. The van der Waals surface area contributed by atoms with E-state index in [0.29, 0.717) is 25.1 Å². The Morgan fingerprint density at radius 2 is 2.24 bits per heavy atom. The fraction of sp³-hybridized carbons (Fsp3) is 0.450. The fourth-order valence-corrected chi connectivity index (χ4v) is 3.70. The number of amides is 2. The van der Waals surface area contributed by atoms with Crippen LogP contribution in [0.25, 0.3) is 0 Å². The smallest absolute Gasteiger partial charge is 0.328 e. The molecule has 0 spiro atoms. The van der Waals surface area contributed by atoms with Crippen molar-refractivity contribution in [1.82, 2.24) is 20.2 Å². The zero-order chi connectivity index (χ0) is 21.1. The summed E-state index contributed by atoms with van der Waals surface area (Å²) in [5, 5.41) is 3.03. The molecule has 2 aromatic rings. The summed E-state index contributed by atoms with van der Waals surface area (Å²) in [6.07, 6.45) is 2.75. The van der Waals surface area contributed by atoms with Gasteiger partial charge < -0.3 is 19.9 Å². The maximum absolute atomic E-state index is 14.7. The second-order valence-electron chi connectivity index (χ2n) is 7.11. The third-order valence-corrected chi connectivity index (χ3v) is 5.63. The first-order valence-electron chi connectivity index (χ1n) is 9.49. The molecule has 1 aliphatic heterocycles. The molecule has 1 aromatic carbocycles. The van der Waals surface area contributed by atoms with E-state index in [4.69, 9.17) is 16.3 Å². The largest absolute Gasteiger partial charge is 0.467 e. The van der Waals surface area contributed by atoms with E-state index in [9.17, 15) is 14.0 Å². The van der Waals surface area contributed by atoms with Gasteiger partial charge in [-0.05, 0) is 18.1 Å². The van der Waals surface area contributed by atoms with E-state index in [-0.39, 0.29) is 16.5 Å². The van der Waals surface area contributed by atoms with E-state index >= 15 is 0 Å². The lowest BCUT2D eigenvalue weighted by Crippen LogP contribution is -2.53. The standard InChI is InChI=1S/C20H24ClFN4O3/c1-4-11(2)16(19(27)29-3)25-20(28)26-8-7-15-17(24-10-23-15)18(26)13-6-5-12(21)9-14(13)22/h5-6,9-11,16,18H,4,7-8H2,1-3H3,(H,23,24)(H,25,28)/t11-,16-,18+/m1/s1. The highest BCUT2D eigenvalue weighted by Gasteiger charge is 2.37. The summed E-state index contributed by atoms with van der Waals surface area (Å²) in [6.45, 7) is 4.12. The minimum Gasteiger partial charge on any atom is -0.467 e. The molecule has 2 amide bonds. The highest BCUT2D eigenvalue weighted by Crippen LogP contribution is 2.35. The average molecular weight is 423 g/mol. The predicted octanol–water partition coefficient (Wildman–Crippen LogP) is 3.45. The second kappa shape index (κ2) is 8.82. The highest BCUT2D eigenvalue weighted by atomic mass is 35.5. The molecule has 0 radical (unpaired) electrons. The molecule has 0 saturated heterocycles. The maximum Gasteiger partial charge on any atom is 0.328 e. The normalized spacial score (nSPS) is 18.0. The molecule has 1 aromatic heterocycles. The lowest BCUT2D eigenvalue weighted by atomic mass is 9.95. The molecule has 3 rings (SSSR count). The molecule has 3 atom stereocenters. The zero-order valence-corrected chi connectivity index (χ0v) is 17.3. The highest BCUT2D eigenvalue weighted by molar-refractivity contribution is 6.30. The van der Waals surface area contributed by atoms with Gasteiger partial charge in [-0.25, -0.2) is 19.0 Å². The first-order valence-corrected chi connectivity index (χ1v) is 9.87. The van der Waals surface area contributed by atoms with Gasteiger partial charge in [0.2, 0.25) is 0 Å². The van der Waals surface area contributed by atoms with Crippen LogP contribution in [-0.2, 0) is 16.0 Å². The topological polar surface area (TPSA) is 87.3 Å². The van der Waals surface area contributed by atoms with Crippen LogP contribution in [0.3, 0.4) is 0 Å². The van der Waals surface area contributed by atoms with E-state index < -0.39 is 29.9 Å². The van der Waals surface area contributed by atoms with Crippen molar-refractivity contribution in [1.29, 1.82) is 0 Å². The number of carbonyl (C=O) groups is 2. The van der Waals surface area contributed by atoms with Crippen molar-refractivity contribution in [3.63, 3.8) is 0 Å². The average Bonchev–Trinajstić information content (AvgIpc) is 3.19. The molecular weight excluding hydrogens is 399 g/mol. The van der Waals surface area contributed by atoms with Crippen molar-refractivity contribution in [2.45, 2.75) is 38.8 Å². The Labute approximate surface area is 173 Å². The maximum atomic E-state index is 14.7. The summed E-state index contributed by atoms with van der Waals surface area (Å²) >= 11 is 5.90. The van der Waals surface area contributed by atoms with Crippen LogP contribution in [0.4, 0.5) is 9.18 Å². The van der Waals surface area contributed by atoms with E-state index in [1.54, 1.807) is 12.1 Å². The van der Waals surface area contributed by atoms with Crippen LogP contribution < -0.4 is 5.32 Å². The first kappa shape index (κ1) is 21.1. The monoisotopic (exact) mass is 422 g/mol. The molecule has 29 heavy (non-hydrogen) atoms.